The minimum atomic E-state index is -0.768. The number of likely N-dealkylation sites (tertiary alicyclic amines) is 1. The molecule has 2 unspecified atom stereocenters. The molecular formula is C17H34N2O2. The fourth-order valence-electron chi connectivity index (χ4n) is 4.34. The lowest BCUT2D eigenvalue weighted by Crippen LogP contribution is -2.54. The Balaban J connectivity index is 2.01. The van der Waals surface area contributed by atoms with Gasteiger partial charge in [0.05, 0.1) is 0 Å². The van der Waals surface area contributed by atoms with Gasteiger partial charge >= 0.3 is 0 Å². The lowest BCUT2D eigenvalue weighted by molar-refractivity contribution is -0.135. The van der Waals surface area contributed by atoms with Gasteiger partial charge in [-0.2, -0.15) is 0 Å². The predicted octanol–water partition coefficient (Wildman–Crippen LogP) is 2.35. The highest BCUT2D eigenvalue weighted by Crippen LogP contribution is 2.42. The smallest absolute Gasteiger partial charge is 0.118 e. The zero-order valence-corrected chi connectivity index (χ0v) is 14.1. The summed E-state index contributed by atoms with van der Waals surface area (Å²) in [7, 11) is 0. The van der Waals surface area contributed by atoms with Crippen molar-refractivity contribution in [3.8, 4) is 0 Å². The molecule has 4 nitrogen and oxygen atoms in total. The first-order valence-corrected chi connectivity index (χ1v) is 8.78. The summed E-state index contributed by atoms with van der Waals surface area (Å²) in [6.45, 7) is 9.43. The van der Waals surface area contributed by atoms with Crippen LogP contribution < -0.4 is 5.73 Å². The Morgan fingerprint density at radius 2 is 2.19 bits per heavy atom. The van der Waals surface area contributed by atoms with Crippen LogP contribution in [0.5, 0.6) is 0 Å². The number of fused-ring (bicyclic) bond motifs is 1. The van der Waals surface area contributed by atoms with Gasteiger partial charge in [0.15, 0.2) is 0 Å². The molecule has 1 heterocycles. The van der Waals surface area contributed by atoms with Gasteiger partial charge < -0.3 is 15.6 Å². The second-order valence-electron chi connectivity index (χ2n) is 7.24. The van der Waals surface area contributed by atoms with E-state index in [2.05, 4.69) is 11.8 Å². The Labute approximate surface area is 130 Å². The maximum absolute atomic E-state index is 11.1. The molecule has 2 aliphatic rings. The topological polar surface area (TPSA) is 58.7 Å². The highest BCUT2D eigenvalue weighted by molar-refractivity contribution is 5.05. The summed E-state index contributed by atoms with van der Waals surface area (Å²) >= 11 is 0. The van der Waals surface area contributed by atoms with E-state index >= 15 is 0 Å². The molecule has 2 fully saturated rings. The second kappa shape index (κ2) is 6.95. The van der Waals surface area contributed by atoms with Crippen LogP contribution in [-0.4, -0.2) is 47.6 Å². The molecule has 0 aromatic heterocycles. The zero-order chi connectivity index (χ0) is 15.5. The second-order valence-corrected chi connectivity index (χ2v) is 7.24. The van der Waals surface area contributed by atoms with Crippen molar-refractivity contribution in [3.05, 3.63) is 0 Å². The lowest BCUT2D eigenvalue weighted by atomic mass is 9.76. The molecule has 124 valence electrons. The van der Waals surface area contributed by atoms with Gasteiger partial charge in [0.2, 0.25) is 0 Å². The molecule has 0 radical (unpaired) electrons. The zero-order valence-electron chi connectivity index (χ0n) is 14.1. The molecule has 0 aromatic carbocycles. The summed E-state index contributed by atoms with van der Waals surface area (Å²) in [5.41, 5.74) is 5.80. The molecule has 1 aliphatic heterocycles. The van der Waals surface area contributed by atoms with Crippen LogP contribution in [0.25, 0.3) is 0 Å². The Hall–Kier alpha value is -0.160. The molecule has 3 N–H and O–H groups in total. The van der Waals surface area contributed by atoms with Gasteiger partial charge in [-0.25, -0.2) is 0 Å². The molecule has 0 spiro atoms. The van der Waals surface area contributed by atoms with E-state index in [1.54, 1.807) is 0 Å². The van der Waals surface area contributed by atoms with Crippen molar-refractivity contribution in [2.75, 3.05) is 26.3 Å². The summed E-state index contributed by atoms with van der Waals surface area (Å²) in [4.78, 5) is 2.25. The van der Waals surface area contributed by atoms with Crippen LogP contribution in [0.15, 0.2) is 0 Å². The van der Waals surface area contributed by atoms with Crippen molar-refractivity contribution >= 4 is 0 Å². The van der Waals surface area contributed by atoms with Crippen molar-refractivity contribution in [2.45, 2.75) is 70.6 Å². The van der Waals surface area contributed by atoms with E-state index in [-0.39, 0.29) is 11.5 Å². The first-order valence-electron chi connectivity index (χ1n) is 8.78. The Morgan fingerprint density at radius 1 is 1.43 bits per heavy atom. The minimum absolute atomic E-state index is 0.0690. The van der Waals surface area contributed by atoms with Crippen LogP contribution in [0.3, 0.4) is 0 Å². The van der Waals surface area contributed by atoms with E-state index in [1.165, 1.54) is 19.3 Å². The van der Waals surface area contributed by atoms with Crippen molar-refractivity contribution in [3.63, 3.8) is 0 Å². The molecule has 0 bridgehead atoms. The first-order chi connectivity index (χ1) is 9.94. The standard InChI is InChI=1S/C17H34N2O2/c1-4-14(9-11-21-5-2)16(3,20)19-12-15-8-6-7-10-17(15,18)13-19/h14-15,20H,4-13,18H2,1-3H3/t14?,15-,16?,17-/m1/s1. The van der Waals surface area contributed by atoms with Crippen molar-refractivity contribution in [1.29, 1.82) is 0 Å². The molecule has 1 saturated heterocycles. The average molecular weight is 298 g/mol. The van der Waals surface area contributed by atoms with Crippen LogP contribution in [0.1, 0.15) is 59.3 Å². The van der Waals surface area contributed by atoms with Gasteiger partial charge in [0.1, 0.15) is 5.72 Å². The number of nitrogens with zero attached hydrogens (tertiary/aromatic N) is 1. The number of aliphatic hydroxyl groups is 1. The summed E-state index contributed by atoms with van der Waals surface area (Å²) in [5.74, 6) is 0.801. The monoisotopic (exact) mass is 298 g/mol. The molecule has 0 aromatic rings. The molecule has 4 atom stereocenters. The molecule has 1 aliphatic carbocycles. The number of hydrogen-bond acceptors (Lipinski definition) is 4. The van der Waals surface area contributed by atoms with Crippen LogP contribution in [0, 0.1) is 11.8 Å². The van der Waals surface area contributed by atoms with E-state index in [0.29, 0.717) is 5.92 Å². The van der Waals surface area contributed by atoms with E-state index in [4.69, 9.17) is 10.5 Å². The molecule has 0 amide bonds. The number of ether oxygens (including phenoxy) is 1. The van der Waals surface area contributed by atoms with Gasteiger partial charge in [-0.05, 0) is 45.4 Å². The van der Waals surface area contributed by atoms with Gasteiger partial charge in [-0.3, -0.25) is 4.90 Å². The van der Waals surface area contributed by atoms with E-state index in [1.807, 2.05) is 13.8 Å². The van der Waals surface area contributed by atoms with Crippen molar-refractivity contribution in [1.82, 2.24) is 4.90 Å². The first kappa shape index (κ1) is 17.2. The van der Waals surface area contributed by atoms with Gasteiger partial charge in [-0.15, -0.1) is 0 Å². The SMILES string of the molecule is CCOCCC(CC)C(C)(O)N1C[C@H]2CCCC[C@@]2(N)C1. The van der Waals surface area contributed by atoms with E-state index < -0.39 is 5.72 Å². The minimum Gasteiger partial charge on any atom is -0.382 e. The van der Waals surface area contributed by atoms with E-state index in [9.17, 15) is 5.11 Å². The number of nitrogens with two attached hydrogens (primary N) is 1. The summed E-state index contributed by atoms with van der Waals surface area (Å²) in [5, 5.41) is 11.1. The van der Waals surface area contributed by atoms with Gasteiger partial charge in [0.25, 0.3) is 0 Å². The average Bonchev–Trinajstić information content (AvgIpc) is 2.81. The van der Waals surface area contributed by atoms with Crippen LogP contribution >= 0.6 is 0 Å². The Bertz CT molecular complexity index is 335. The summed E-state index contributed by atoms with van der Waals surface area (Å²) < 4.78 is 5.48. The maximum Gasteiger partial charge on any atom is 0.118 e. The van der Waals surface area contributed by atoms with E-state index in [0.717, 1.165) is 45.6 Å². The molecular weight excluding hydrogens is 264 g/mol. The lowest BCUT2D eigenvalue weighted by Gasteiger charge is -2.41. The summed E-state index contributed by atoms with van der Waals surface area (Å²) in [6.07, 6.45) is 6.75. The molecule has 1 saturated carbocycles. The maximum atomic E-state index is 11.1. The highest BCUT2D eigenvalue weighted by atomic mass is 16.5. The fourth-order valence-corrected chi connectivity index (χ4v) is 4.34. The van der Waals surface area contributed by atoms with Crippen molar-refractivity contribution in [2.24, 2.45) is 17.6 Å². The normalized spacial score (nSPS) is 34.4. The third-order valence-corrected chi connectivity index (χ3v) is 5.91. The third-order valence-electron chi connectivity index (χ3n) is 5.91. The third kappa shape index (κ3) is 3.61. The largest absolute Gasteiger partial charge is 0.382 e. The fraction of sp³-hybridized carbons (Fsp3) is 1.00. The van der Waals surface area contributed by atoms with Gasteiger partial charge in [0, 0.05) is 37.8 Å². The van der Waals surface area contributed by atoms with Crippen LogP contribution in [0.2, 0.25) is 0 Å². The van der Waals surface area contributed by atoms with Crippen LogP contribution in [0.4, 0.5) is 0 Å². The van der Waals surface area contributed by atoms with Crippen LogP contribution in [-0.2, 0) is 4.74 Å². The predicted molar refractivity (Wildman–Crippen MR) is 86.0 cm³/mol. The number of hydrogen-bond donors (Lipinski definition) is 2. The van der Waals surface area contributed by atoms with Crippen molar-refractivity contribution < 1.29 is 9.84 Å². The molecule has 4 heteroatoms. The Kier molecular flexibility index (Phi) is 5.69. The van der Waals surface area contributed by atoms with Gasteiger partial charge in [-0.1, -0.05) is 19.8 Å². The highest BCUT2D eigenvalue weighted by Gasteiger charge is 2.50. The summed E-state index contributed by atoms with van der Waals surface area (Å²) in [6, 6.07) is 0. The Morgan fingerprint density at radius 3 is 2.81 bits per heavy atom. The number of rotatable bonds is 7. The quantitative estimate of drug-likeness (QED) is 0.708. The molecule has 21 heavy (non-hydrogen) atoms. The molecule has 2 rings (SSSR count).